The van der Waals surface area contributed by atoms with Crippen LogP contribution in [0.15, 0.2) is 41.6 Å². The minimum absolute atomic E-state index is 0.121. The number of aryl methyl sites for hydroxylation is 1. The number of anilines is 1. The molecule has 0 radical (unpaired) electrons. The zero-order valence-corrected chi connectivity index (χ0v) is 29.5. The van der Waals surface area contributed by atoms with Crippen molar-refractivity contribution in [1.82, 2.24) is 9.79 Å². The molecule has 0 saturated carbocycles. The number of aromatic nitrogens is 1. The maximum atomic E-state index is 16.8. The summed E-state index contributed by atoms with van der Waals surface area (Å²) >= 11 is 1.98. The number of nitrogens with one attached hydrogen (secondary N) is 1. The first-order valence-corrected chi connectivity index (χ1v) is 18.3. The van der Waals surface area contributed by atoms with Crippen LogP contribution in [0.25, 0.3) is 12.2 Å². The van der Waals surface area contributed by atoms with Crippen LogP contribution in [-0.2, 0) is 21.3 Å². The number of hydrogen-bond acceptors (Lipinski definition) is 4. The van der Waals surface area contributed by atoms with E-state index in [-0.39, 0.29) is 41.7 Å². The fourth-order valence-corrected chi connectivity index (χ4v) is 7.68. The highest BCUT2D eigenvalue weighted by molar-refractivity contribution is 14.1. The summed E-state index contributed by atoms with van der Waals surface area (Å²) in [6.45, 7) is 1.84. The molecule has 1 unspecified atom stereocenters. The second-order valence-electron chi connectivity index (χ2n) is 12.4. The van der Waals surface area contributed by atoms with Gasteiger partial charge in [0.15, 0.2) is 11.4 Å². The lowest BCUT2D eigenvalue weighted by atomic mass is 9.64. The van der Waals surface area contributed by atoms with Gasteiger partial charge in [-0.05, 0) is 110 Å². The van der Waals surface area contributed by atoms with Gasteiger partial charge in [-0.2, -0.15) is 21.6 Å². The smallest absolute Gasteiger partial charge is 0.421 e. The van der Waals surface area contributed by atoms with Gasteiger partial charge in [0.05, 0.1) is 5.75 Å². The van der Waals surface area contributed by atoms with Crippen molar-refractivity contribution in [2.45, 2.75) is 65.4 Å². The number of halogens is 5. The molecule has 1 amide bonds. The van der Waals surface area contributed by atoms with Gasteiger partial charge in [-0.15, -0.1) is 0 Å². The molecule has 0 spiro atoms. The molecule has 2 N–H and O–H groups in total. The summed E-state index contributed by atoms with van der Waals surface area (Å²) in [6.07, 6.45) is 5.83. The Labute approximate surface area is 286 Å². The monoisotopic (exact) mass is 788 g/mol. The lowest BCUT2D eigenvalue weighted by Gasteiger charge is -2.38. The number of amides is 1. The van der Waals surface area contributed by atoms with Crippen LogP contribution >= 0.6 is 22.6 Å². The van der Waals surface area contributed by atoms with Crippen molar-refractivity contribution < 1.29 is 39.7 Å². The van der Waals surface area contributed by atoms with Gasteiger partial charge in [-0.25, -0.2) is 0 Å². The van der Waals surface area contributed by atoms with Gasteiger partial charge >= 0.3 is 12.8 Å². The van der Waals surface area contributed by atoms with Crippen molar-refractivity contribution in [3.05, 3.63) is 73.3 Å². The quantitative estimate of drug-likeness (QED) is 0.0909. The number of carbonyl (C=O) groups is 1. The number of fused-ring (bicyclic) bond motifs is 3. The molecular weight excluding hydrogens is 750 g/mol. The number of hydrogen-bond donors (Lipinski definition) is 2. The maximum absolute atomic E-state index is 16.8. The fraction of sp³-hybridized carbons (Fsp3) is 0.438. The molecule has 0 saturated heterocycles. The number of nitrogens with zero attached hydrogens (tertiary/aromatic N) is 3. The third-order valence-electron chi connectivity index (χ3n) is 9.11. The van der Waals surface area contributed by atoms with E-state index in [0.29, 0.717) is 21.1 Å². The number of alkyl halides is 3. The van der Waals surface area contributed by atoms with Gasteiger partial charge in [-0.1, -0.05) is 12.5 Å². The summed E-state index contributed by atoms with van der Waals surface area (Å²) in [5.41, 5.74) is 5.10. The van der Waals surface area contributed by atoms with Crippen LogP contribution < -0.4 is 10.2 Å². The Balaban J connectivity index is 1.29. The fourth-order valence-electron chi connectivity index (χ4n) is 6.78. The van der Waals surface area contributed by atoms with Crippen LogP contribution in [0.3, 0.4) is 0 Å². The van der Waals surface area contributed by atoms with E-state index in [4.69, 9.17) is 4.55 Å². The first kappa shape index (κ1) is 35.4. The summed E-state index contributed by atoms with van der Waals surface area (Å²) in [6, 6.07) is 5.97. The molecule has 15 heteroatoms. The maximum Gasteiger partial charge on any atom is 0.649 e. The number of allylic oxidation sites excluding steroid dienone is 3. The van der Waals surface area contributed by atoms with Crippen LogP contribution in [0.2, 0.25) is 0 Å². The van der Waals surface area contributed by atoms with E-state index in [2.05, 4.69) is 10.2 Å². The molecular formula is C32H38BF4IN4O4S. The van der Waals surface area contributed by atoms with Gasteiger partial charge in [0.2, 0.25) is 5.91 Å². The van der Waals surface area contributed by atoms with Gasteiger partial charge in [0, 0.05) is 64.8 Å². The summed E-state index contributed by atoms with van der Waals surface area (Å²) < 4.78 is 93.6. The Bertz CT molecular complexity index is 1830. The van der Waals surface area contributed by atoms with E-state index in [1.807, 2.05) is 40.8 Å². The molecule has 2 aromatic rings. The number of carbonyl (C=O) groups excluding carboxylic acids is 1. The van der Waals surface area contributed by atoms with Gasteiger partial charge in [-0.3, -0.25) is 9.35 Å². The molecule has 254 valence electrons. The summed E-state index contributed by atoms with van der Waals surface area (Å²) in [4.78, 5) is 14.2. The van der Waals surface area contributed by atoms with E-state index >= 15 is 4.32 Å². The largest absolute Gasteiger partial charge is 0.649 e. The highest BCUT2D eigenvalue weighted by atomic mass is 127. The minimum atomic E-state index is -5.15. The molecule has 8 nitrogen and oxygen atoms in total. The van der Waals surface area contributed by atoms with Crippen molar-refractivity contribution in [2.75, 3.05) is 30.3 Å². The summed E-state index contributed by atoms with van der Waals surface area (Å²) in [5.74, 6) is -0.763. The lowest BCUT2D eigenvalue weighted by molar-refractivity contribution is -0.373. The standard InChI is InChI=1S/C32H38BF4IN4O4S/c1-21-18-26(42-28(21)20-29-22(2)31(38)23(3)41(29)33(42,37)32(34,35)36)12-10-24-11-13-27-25(19-24)8-7-16-40(27)15-6-4-5-9-30(43)39-14-17-47(44,45)46/h10-13,18-20H,4-9,14-17H2,1-3H3,(H,39,43)(H,44,45,46)/b12-10+. The Hall–Kier alpha value is -2.92. The third kappa shape index (κ3) is 7.12. The van der Waals surface area contributed by atoms with E-state index in [1.54, 1.807) is 38.2 Å². The van der Waals surface area contributed by atoms with Crippen molar-refractivity contribution in [1.29, 1.82) is 0 Å². The SMILES string of the molecule is CC1=CC(/C=C/c2ccc3c(c2)CCCN3CCCCCC(=O)NCCS(=O)(=O)O)=[N+]2C1=Cc1c(C)c(I)c(C)n1[B-]2(F)C(F)(F)F. The second-order valence-corrected chi connectivity index (χ2v) is 15.1. The Morgan fingerprint density at radius 2 is 1.89 bits per heavy atom. The minimum Gasteiger partial charge on any atom is -0.421 e. The predicted molar refractivity (Wildman–Crippen MR) is 186 cm³/mol. The van der Waals surface area contributed by atoms with Crippen LogP contribution in [0.5, 0.6) is 0 Å². The predicted octanol–water partition coefficient (Wildman–Crippen LogP) is 6.37. The van der Waals surface area contributed by atoms with E-state index in [0.717, 1.165) is 64.6 Å². The molecule has 5 rings (SSSR count). The molecule has 1 aromatic carbocycles. The van der Waals surface area contributed by atoms with Crippen LogP contribution in [0.4, 0.5) is 23.2 Å². The highest BCUT2D eigenvalue weighted by Crippen LogP contribution is 2.45. The number of unbranched alkanes of at least 4 members (excludes halogenated alkanes) is 2. The lowest BCUT2D eigenvalue weighted by Crippen LogP contribution is -2.64. The van der Waals surface area contributed by atoms with E-state index < -0.39 is 28.6 Å². The second kappa shape index (κ2) is 13.5. The first-order chi connectivity index (χ1) is 22.0. The summed E-state index contributed by atoms with van der Waals surface area (Å²) in [5, 5.41) is 2.49. The van der Waals surface area contributed by atoms with Crippen LogP contribution in [0, 0.1) is 17.4 Å². The Morgan fingerprint density at radius 3 is 2.60 bits per heavy atom. The van der Waals surface area contributed by atoms with Crippen molar-refractivity contribution >= 4 is 68.9 Å². The summed E-state index contributed by atoms with van der Waals surface area (Å²) in [7, 11) is -4.10. The molecule has 0 fully saturated rings. The number of benzene rings is 1. The molecule has 0 bridgehead atoms. The molecule has 1 aromatic heterocycles. The first-order valence-electron chi connectivity index (χ1n) is 15.7. The third-order valence-corrected chi connectivity index (χ3v) is 11.4. The van der Waals surface area contributed by atoms with Crippen LogP contribution in [0.1, 0.15) is 67.1 Å². The van der Waals surface area contributed by atoms with Gasteiger partial charge < -0.3 is 23.5 Å². The molecule has 4 heterocycles. The van der Waals surface area contributed by atoms with Crippen molar-refractivity contribution in [3.63, 3.8) is 0 Å². The Kier molecular flexibility index (Phi) is 10.2. The van der Waals surface area contributed by atoms with Gasteiger partial charge in [0.1, 0.15) is 0 Å². The highest BCUT2D eigenvalue weighted by Gasteiger charge is 2.69. The molecule has 47 heavy (non-hydrogen) atoms. The van der Waals surface area contributed by atoms with Crippen molar-refractivity contribution in [2.24, 2.45) is 0 Å². The van der Waals surface area contributed by atoms with Crippen LogP contribution in [-0.4, -0.2) is 71.7 Å². The Morgan fingerprint density at radius 1 is 1.15 bits per heavy atom. The van der Waals surface area contributed by atoms with E-state index in [1.165, 1.54) is 6.92 Å². The topological polar surface area (TPSA) is 94.7 Å². The number of rotatable bonds is 11. The average Bonchev–Trinajstić information content (AvgIpc) is 3.43. The molecule has 1 atom stereocenters. The van der Waals surface area contributed by atoms with Crippen molar-refractivity contribution in [3.8, 4) is 0 Å². The molecule has 3 aliphatic heterocycles. The molecule has 0 aliphatic carbocycles. The van der Waals surface area contributed by atoms with Gasteiger partial charge in [0.25, 0.3) is 10.1 Å². The zero-order valence-electron chi connectivity index (χ0n) is 26.5. The zero-order chi connectivity index (χ0) is 34.3. The molecule has 3 aliphatic rings. The van der Waals surface area contributed by atoms with E-state index in [9.17, 15) is 26.4 Å². The normalized spacial score (nSPS) is 19.5. The average molecular weight is 788 g/mol.